The van der Waals surface area contributed by atoms with E-state index in [2.05, 4.69) is 0 Å². The first kappa shape index (κ1) is 23.6. The van der Waals surface area contributed by atoms with Crippen molar-refractivity contribution in [3.63, 3.8) is 0 Å². The van der Waals surface area contributed by atoms with Crippen LogP contribution in [0.5, 0.6) is 5.75 Å². The maximum atomic E-state index is 13.1. The van der Waals surface area contributed by atoms with E-state index in [1.54, 1.807) is 6.92 Å². The van der Waals surface area contributed by atoms with Crippen LogP contribution >= 0.6 is 8.58 Å². The van der Waals surface area contributed by atoms with Crippen LogP contribution in [0.3, 0.4) is 0 Å². The Hall–Kier alpha value is -1.48. The fourth-order valence-corrected chi connectivity index (χ4v) is 3.25. The number of hydrogen-bond donors (Lipinski definition) is 0. The third-order valence-electron chi connectivity index (χ3n) is 3.33. The van der Waals surface area contributed by atoms with Crippen LogP contribution in [0.1, 0.15) is 28.4 Å². The van der Waals surface area contributed by atoms with Crippen molar-refractivity contribution < 1.29 is 35.9 Å². The van der Waals surface area contributed by atoms with Crippen molar-refractivity contribution in [3.05, 3.63) is 59.2 Å². The van der Waals surface area contributed by atoms with E-state index in [1.807, 2.05) is 0 Å². The van der Waals surface area contributed by atoms with Gasteiger partial charge >= 0.3 is 31.2 Å². The number of ether oxygens (including phenoxy) is 1. The molecule has 0 aliphatic heterocycles. The first-order valence-electron chi connectivity index (χ1n) is 7.35. The number of hydrogen-bond acceptors (Lipinski definition) is 2. The molecule has 0 saturated carbocycles. The van der Waals surface area contributed by atoms with E-state index in [4.69, 9.17) is 4.74 Å². The number of carbonyl (C=O) groups excluding carboxylic acids is 1. The van der Waals surface area contributed by atoms with E-state index in [0.717, 1.165) is 0 Å². The van der Waals surface area contributed by atoms with Crippen molar-refractivity contribution in [2.45, 2.75) is 19.3 Å². The Morgan fingerprint density at radius 3 is 1.81 bits per heavy atom. The summed E-state index contributed by atoms with van der Waals surface area (Å²) in [6.07, 6.45) is -10.1. The summed E-state index contributed by atoms with van der Waals surface area (Å²) in [5.74, 6) is 0.486. The molecule has 0 amide bonds. The van der Waals surface area contributed by atoms with E-state index in [-0.39, 0.29) is 18.9 Å². The van der Waals surface area contributed by atoms with Crippen molar-refractivity contribution in [2.75, 3.05) is 6.61 Å². The van der Waals surface area contributed by atoms with Gasteiger partial charge in [-0.05, 0) is 45.1 Å². The van der Waals surface area contributed by atoms with Crippen molar-refractivity contribution in [1.82, 2.24) is 0 Å². The van der Waals surface area contributed by atoms with E-state index >= 15 is 0 Å². The predicted octanol–water partition coefficient (Wildman–Crippen LogP) is 4.62. The molecule has 0 bridgehead atoms. The predicted molar refractivity (Wildman–Crippen MR) is 93.5 cm³/mol. The zero-order valence-corrected chi connectivity index (χ0v) is 14.3. The fraction of sp³-hybridized carbons (Fsp3) is 0.235. The number of rotatable bonds is 5. The average Bonchev–Trinajstić information content (AvgIpc) is 2.54. The van der Waals surface area contributed by atoms with Crippen LogP contribution < -0.4 is 10.0 Å². The van der Waals surface area contributed by atoms with Gasteiger partial charge in [0.25, 0.3) is 0 Å². The van der Waals surface area contributed by atoms with Crippen LogP contribution in [0.15, 0.2) is 42.5 Å². The molecule has 2 aromatic carbocycles. The molecule has 0 aliphatic rings. The summed E-state index contributed by atoms with van der Waals surface area (Å²) in [4.78, 5) is 12.3. The second-order valence-electron chi connectivity index (χ2n) is 5.14. The van der Waals surface area contributed by atoms with Gasteiger partial charge in [0.05, 0.1) is 17.7 Å². The van der Waals surface area contributed by atoms with Crippen LogP contribution in [0, 0.1) is 0 Å². The van der Waals surface area contributed by atoms with Crippen LogP contribution in [-0.4, -0.2) is 31.0 Å². The summed E-state index contributed by atoms with van der Waals surface area (Å²) < 4.78 is 83.9. The molecule has 0 spiro atoms. The molecule has 0 radical (unpaired) electrons. The number of alkyl halides is 6. The third-order valence-corrected chi connectivity index (χ3v) is 4.42. The summed E-state index contributed by atoms with van der Waals surface area (Å²) in [6, 6.07) is 7.47. The SMILES string of the molecule is CCOc1ccc(PC(=O)c2c(C(F)(F)F)cccc2C(F)(F)F)cc1.[LiH]. The fourth-order valence-electron chi connectivity index (χ4n) is 2.26. The van der Waals surface area contributed by atoms with E-state index in [9.17, 15) is 31.1 Å². The molecule has 0 heterocycles. The Morgan fingerprint density at radius 2 is 1.41 bits per heavy atom. The number of carbonyl (C=O) groups is 1. The van der Waals surface area contributed by atoms with Crippen LogP contribution in [0.4, 0.5) is 26.3 Å². The average molecular weight is 402 g/mol. The summed E-state index contributed by atoms with van der Waals surface area (Å²) in [5, 5.41) is 0.309. The first-order valence-corrected chi connectivity index (χ1v) is 8.35. The number of halogens is 6. The monoisotopic (exact) mass is 402 g/mol. The summed E-state index contributed by atoms with van der Waals surface area (Å²) in [6.45, 7) is 2.15. The molecule has 0 N–H and O–H groups in total. The normalized spacial score (nSPS) is 12.1. The van der Waals surface area contributed by atoms with Crippen LogP contribution in [0.25, 0.3) is 0 Å². The van der Waals surface area contributed by atoms with E-state index in [1.165, 1.54) is 24.3 Å². The molecule has 142 valence electrons. The minimum absolute atomic E-state index is 0. The second-order valence-corrected chi connectivity index (χ2v) is 6.42. The molecular formula is C17H14F6LiO2P. The Morgan fingerprint density at radius 1 is 0.926 bits per heavy atom. The topological polar surface area (TPSA) is 26.3 Å². The van der Waals surface area contributed by atoms with E-state index in [0.29, 0.717) is 35.9 Å². The molecule has 0 saturated heterocycles. The number of benzene rings is 2. The van der Waals surface area contributed by atoms with Gasteiger partial charge in [0.15, 0.2) is 5.52 Å². The Balaban J connectivity index is 0.00000364. The summed E-state index contributed by atoms with van der Waals surface area (Å²) in [5.41, 5.74) is -5.75. The van der Waals surface area contributed by atoms with Crippen molar-refractivity contribution in [3.8, 4) is 5.75 Å². The molecule has 0 fully saturated rings. The Labute approximate surface area is 165 Å². The van der Waals surface area contributed by atoms with Gasteiger partial charge in [-0.15, -0.1) is 0 Å². The zero-order valence-electron chi connectivity index (χ0n) is 13.3. The van der Waals surface area contributed by atoms with Gasteiger partial charge in [-0.1, -0.05) is 18.2 Å². The van der Waals surface area contributed by atoms with E-state index < -0.39 is 43.1 Å². The molecule has 2 aromatic rings. The van der Waals surface area contributed by atoms with Crippen molar-refractivity contribution in [2.24, 2.45) is 0 Å². The summed E-state index contributed by atoms with van der Waals surface area (Å²) >= 11 is 0. The van der Waals surface area contributed by atoms with Gasteiger partial charge in [-0.3, -0.25) is 4.79 Å². The van der Waals surface area contributed by atoms with Gasteiger partial charge in [-0.2, -0.15) is 26.3 Å². The van der Waals surface area contributed by atoms with Gasteiger partial charge in [0, 0.05) is 5.56 Å². The molecule has 1 unspecified atom stereocenters. The van der Waals surface area contributed by atoms with Crippen molar-refractivity contribution >= 4 is 38.3 Å². The molecule has 1 atom stereocenters. The van der Waals surface area contributed by atoms with Gasteiger partial charge in [0.2, 0.25) is 0 Å². The first-order chi connectivity index (χ1) is 12.0. The standard InChI is InChI=1S/C17H13F6O2P.Li.H/c1-2-25-10-6-8-11(9-7-10)26-15(24)14-12(16(18,19)20)4-3-5-13(14)17(21,22)23;;/h3-9,26H,2H2,1H3;;. The molecule has 27 heavy (non-hydrogen) atoms. The van der Waals surface area contributed by atoms with Gasteiger partial charge in [0.1, 0.15) is 5.75 Å². The van der Waals surface area contributed by atoms with Crippen LogP contribution in [-0.2, 0) is 12.4 Å². The minimum atomic E-state index is -5.07. The zero-order chi connectivity index (χ0) is 19.5. The van der Waals surface area contributed by atoms with Crippen molar-refractivity contribution in [1.29, 1.82) is 0 Å². The van der Waals surface area contributed by atoms with Crippen LogP contribution in [0.2, 0.25) is 0 Å². The molecular weight excluding hydrogens is 388 g/mol. The third kappa shape index (κ3) is 6.00. The second kappa shape index (κ2) is 9.14. The quantitative estimate of drug-likeness (QED) is 0.415. The molecule has 2 rings (SSSR count). The van der Waals surface area contributed by atoms with Gasteiger partial charge in [-0.25, -0.2) is 0 Å². The molecule has 10 heteroatoms. The van der Waals surface area contributed by atoms with Gasteiger partial charge < -0.3 is 4.74 Å². The molecule has 0 aromatic heterocycles. The Kier molecular flexibility index (Phi) is 7.97. The maximum absolute atomic E-state index is 13.1. The molecule has 0 aliphatic carbocycles. The summed E-state index contributed by atoms with van der Waals surface area (Å²) in [7, 11) is -0.889. The Bertz CT molecular complexity index is 755. The molecule has 2 nitrogen and oxygen atoms in total.